The maximum absolute atomic E-state index is 13.3. The summed E-state index contributed by atoms with van der Waals surface area (Å²) in [5, 5.41) is 2.78. The number of sulfonamides is 1. The Bertz CT molecular complexity index is 976. The maximum Gasteiger partial charge on any atom is 0.249 e. The molecule has 2 aromatic rings. The van der Waals surface area contributed by atoms with Gasteiger partial charge in [0.25, 0.3) is 0 Å². The number of rotatable bonds is 5. The van der Waals surface area contributed by atoms with Gasteiger partial charge in [-0.1, -0.05) is 18.2 Å². The molecule has 1 atom stereocenters. The molecule has 0 bridgehead atoms. The molecular weight excluding hydrogens is 408 g/mol. The molecule has 0 aliphatic carbocycles. The zero-order chi connectivity index (χ0) is 20.5. The fourth-order valence-electron chi connectivity index (χ4n) is 3.50. The molecule has 2 heterocycles. The minimum absolute atomic E-state index is 0.246. The number of hydrogen-bond donors (Lipinski definition) is 1. The lowest BCUT2D eigenvalue weighted by molar-refractivity contribution is -0.118. The largest absolute Gasteiger partial charge is 0.489 e. The Kier molecular flexibility index (Phi) is 5.48. The third-order valence-electron chi connectivity index (χ3n) is 5.42. The van der Waals surface area contributed by atoms with Crippen LogP contribution in [0.2, 0.25) is 0 Å². The van der Waals surface area contributed by atoms with Crippen molar-refractivity contribution in [3.05, 3.63) is 54.6 Å². The van der Waals surface area contributed by atoms with E-state index < -0.39 is 20.7 Å². The van der Waals surface area contributed by atoms with E-state index in [0.29, 0.717) is 24.3 Å². The highest BCUT2D eigenvalue weighted by molar-refractivity contribution is 8.00. The Balaban J connectivity index is 1.50. The third kappa shape index (κ3) is 3.83. The van der Waals surface area contributed by atoms with Crippen molar-refractivity contribution in [3.8, 4) is 5.75 Å². The zero-order valence-electron chi connectivity index (χ0n) is 16.2. The number of carbonyl (C=O) groups is 1. The number of ether oxygens (including phenoxy) is 1. The van der Waals surface area contributed by atoms with Crippen LogP contribution in [0.25, 0.3) is 0 Å². The van der Waals surface area contributed by atoms with Crippen molar-refractivity contribution in [3.63, 3.8) is 0 Å². The van der Waals surface area contributed by atoms with Crippen LogP contribution in [0.5, 0.6) is 5.75 Å². The highest BCUT2D eigenvalue weighted by Crippen LogP contribution is 2.36. The summed E-state index contributed by atoms with van der Waals surface area (Å²) in [4.78, 5) is 13.0. The van der Waals surface area contributed by atoms with Gasteiger partial charge < -0.3 is 10.1 Å². The molecule has 2 saturated heterocycles. The number of thioether (sulfide) groups is 1. The van der Waals surface area contributed by atoms with Crippen LogP contribution in [0, 0.1) is 0 Å². The van der Waals surface area contributed by atoms with Crippen LogP contribution in [-0.4, -0.2) is 43.2 Å². The molecule has 2 aliphatic heterocycles. The second-order valence-corrected chi connectivity index (χ2v) is 10.9. The van der Waals surface area contributed by atoms with Crippen molar-refractivity contribution in [2.75, 3.05) is 27.7 Å². The first-order valence-corrected chi connectivity index (χ1v) is 12.2. The molecule has 8 heteroatoms. The molecule has 29 heavy (non-hydrogen) atoms. The van der Waals surface area contributed by atoms with Gasteiger partial charge in [-0.2, -0.15) is 11.8 Å². The minimum atomic E-state index is -3.86. The van der Waals surface area contributed by atoms with E-state index in [0.717, 1.165) is 17.3 Å². The van der Waals surface area contributed by atoms with Gasteiger partial charge in [-0.05, 0) is 56.2 Å². The molecule has 2 aliphatic rings. The van der Waals surface area contributed by atoms with Crippen molar-refractivity contribution in [1.82, 2.24) is 0 Å². The van der Waals surface area contributed by atoms with Crippen LogP contribution in [0.4, 0.5) is 11.4 Å². The normalized spacial score (nSPS) is 23.8. The lowest BCUT2D eigenvalue weighted by Crippen LogP contribution is -2.57. The van der Waals surface area contributed by atoms with E-state index in [1.165, 1.54) is 11.2 Å². The van der Waals surface area contributed by atoms with Gasteiger partial charge in [0.2, 0.25) is 15.9 Å². The molecule has 2 aromatic carbocycles. The van der Waals surface area contributed by atoms with Gasteiger partial charge in [0, 0.05) is 23.7 Å². The number of carbonyl (C=O) groups excluding carboxylic acids is 1. The van der Waals surface area contributed by atoms with Gasteiger partial charge in [0.1, 0.15) is 11.9 Å². The fraction of sp³-hybridized carbons (Fsp3) is 0.381. The Hall–Kier alpha value is -2.19. The van der Waals surface area contributed by atoms with E-state index >= 15 is 0 Å². The molecule has 0 spiro atoms. The van der Waals surface area contributed by atoms with E-state index in [1.54, 1.807) is 48.5 Å². The number of anilines is 2. The summed E-state index contributed by atoms with van der Waals surface area (Å²) in [5.41, 5.74) is 1.14. The summed E-state index contributed by atoms with van der Waals surface area (Å²) < 4.78 is 32.3. The highest BCUT2D eigenvalue weighted by atomic mass is 32.2. The molecular formula is C21H24N2O4S2. The second-order valence-electron chi connectivity index (χ2n) is 7.50. The number of para-hydroxylation sites is 1. The van der Waals surface area contributed by atoms with Crippen molar-refractivity contribution in [2.45, 2.75) is 30.6 Å². The van der Waals surface area contributed by atoms with Gasteiger partial charge in [-0.3, -0.25) is 9.10 Å². The summed E-state index contributed by atoms with van der Waals surface area (Å²) >= 11 is 1.85. The van der Waals surface area contributed by atoms with Crippen molar-refractivity contribution < 1.29 is 17.9 Å². The Morgan fingerprint density at radius 1 is 1.14 bits per heavy atom. The average Bonchev–Trinajstić information content (AvgIpc) is 2.68. The number of hydrogen-bond acceptors (Lipinski definition) is 5. The standard InChI is InChI=1S/C21H24N2O4S2/c1-21(12-5-13-23(29(21,25)26)17-6-3-2-4-7-17)20(24)22-16-8-10-18(11-9-16)27-19-14-28-15-19/h2-4,6-11,19H,5,12-15H2,1H3,(H,22,24)/t21-/m0/s1. The van der Waals surface area contributed by atoms with Crippen LogP contribution >= 0.6 is 11.8 Å². The number of benzene rings is 2. The Labute approximate surface area is 175 Å². The fourth-order valence-corrected chi connectivity index (χ4v) is 6.01. The molecule has 0 saturated carbocycles. The average molecular weight is 433 g/mol. The number of amides is 1. The SMILES string of the molecule is C[C@@]1(C(=O)Nc2ccc(OC3CSC3)cc2)CCCN(c2ccccc2)S1(=O)=O. The van der Waals surface area contributed by atoms with Gasteiger partial charge >= 0.3 is 0 Å². The molecule has 2 fully saturated rings. The molecule has 0 unspecified atom stereocenters. The molecule has 0 radical (unpaired) electrons. The second kappa shape index (κ2) is 7.91. The maximum atomic E-state index is 13.3. The van der Waals surface area contributed by atoms with Crippen molar-refractivity contribution in [2.24, 2.45) is 0 Å². The first-order valence-electron chi connectivity index (χ1n) is 9.63. The first kappa shape index (κ1) is 20.1. The van der Waals surface area contributed by atoms with E-state index in [9.17, 15) is 13.2 Å². The monoisotopic (exact) mass is 432 g/mol. The zero-order valence-corrected chi connectivity index (χ0v) is 17.8. The molecule has 4 rings (SSSR count). The smallest absolute Gasteiger partial charge is 0.249 e. The summed E-state index contributed by atoms with van der Waals surface area (Å²) in [6.45, 7) is 1.89. The predicted molar refractivity (Wildman–Crippen MR) is 117 cm³/mol. The molecule has 6 nitrogen and oxygen atoms in total. The van der Waals surface area contributed by atoms with Gasteiger partial charge in [-0.15, -0.1) is 0 Å². The lowest BCUT2D eigenvalue weighted by Gasteiger charge is -2.39. The molecule has 0 aromatic heterocycles. The molecule has 1 amide bonds. The Morgan fingerprint density at radius 3 is 2.45 bits per heavy atom. The number of nitrogens with one attached hydrogen (secondary N) is 1. The van der Waals surface area contributed by atoms with Crippen LogP contribution < -0.4 is 14.4 Å². The number of nitrogens with zero attached hydrogens (tertiary/aromatic N) is 1. The van der Waals surface area contributed by atoms with Gasteiger partial charge in [0.15, 0.2) is 4.75 Å². The summed E-state index contributed by atoms with van der Waals surface area (Å²) in [5.74, 6) is 2.22. The summed E-state index contributed by atoms with van der Waals surface area (Å²) in [7, 11) is -3.86. The van der Waals surface area contributed by atoms with E-state index in [-0.39, 0.29) is 12.5 Å². The quantitative estimate of drug-likeness (QED) is 0.783. The van der Waals surface area contributed by atoms with Gasteiger partial charge in [0.05, 0.1) is 5.69 Å². The van der Waals surface area contributed by atoms with Crippen LogP contribution in [0.3, 0.4) is 0 Å². The molecule has 1 N–H and O–H groups in total. The van der Waals surface area contributed by atoms with E-state index in [2.05, 4.69) is 5.32 Å². The van der Waals surface area contributed by atoms with E-state index in [1.807, 2.05) is 17.8 Å². The Morgan fingerprint density at radius 2 is 1.83 bits per heavy atom. The lowest BCUT2D eigenvalue weighted by atomic mass is 10.0. The van der Waals surface area contributed by atoms with Crippen molar-refractivity contribution >= 4 is 39.1 Å². The predicted octanol–water partition coefficient (Wildman–Crippen LogP) is 3.51. The van der Waals surface area contributed by atoms with Gasteiger partial charge in [-0.25, -0.2) is 8.42 Å². The highest BCUT2D eigenvalue weighted by Gasteiger charge is 2.51. The van der Waals surface area contributed by atoms with Crippen LogP contribution in [0.15, 0.2) is 54.6 Å². The van der Waals surface area contributed by atoms with E-state index in [4.69, 9.17) is 4.74 Å². The summed E-state index contributed by atoms with van der Waals surface area (Å²) in [6.07, 6.45) is 1.14. The van der Waals surface area contributed by atoms with Crippen molar-refractivity contribution in [1.29, 1.82) is 0 Å². The van der Waals surface area contributed by atoms with Crippen LogP contribution in [-0.2, 0) is 14.8 Å². The minimum Gasteiger partial charge on any atom is -0.489 e. The summed E-state index contributed by atoms with van der Waals surface area (Å²) in [6, 6.07) is 16.0. The third-order valence-corrected chi connectivity index (χ3v) is 9.14. The first-order chi connectivity index (χ1) is 13.9. The van der Waals surface area contributed by atoms with Crippen LogP contribution in [0.1, 0.15) is 19.8 Å². The topological polar surface area (TPSA) is 75.7 Å². The molecule has 154 valence electrons.